The number of hydrogen-bond donors (Lipinski definition) is 0. The van der Waals surface area contributed by atoms with E-state index in [1.54, 1.807) is 6.08 Å². The Morgan fingerprint density at radius 1 is 1.53 bits per heavy atom. The summed E-state index contributed by atoms with van der Waals surface area (Å²) in [5, 5.41) is 0. The van der Waals surface area contributed by atoms with E-state index in [4.69, 9.17) is 9.47 Å². The molecule has 0 aromatic heterocycles. The molecule has 17 heavy (non-hydrogen) atoms. The maximum Gasteiger partial charge on any atom is 0.310 e. The van der Waals surface area contributed by atoms with Gasteiger partial charge in [0.1, 0.15) is 0 Å². The standard InChI is InChI=1S/C12H17NO4/c1-12-6-7(11(15)17-4)8(13(12)2)5-9(16-3)10(12)14/h5,7-8H,6H2,1-4H3/t7-,8-,12-/m0/s1. The van der Waals surface area contributed by atoms with Crippen LogP contribution in [0.4, 0.5) is 0 Å². The first-order valence-corrected chi connectivity index (χ1v) is 5.57. The van der Waals surface area contributed by atoms with Crippen molar-refractivity contribution in [2.45, 2.75) is 24.9 Å². The Kier molecular flexibility index (Phi) is 2.73. The maximum absolute atomic E-state index is 12.2. The number of fused-ring (bicyclic) bond motifs is 2. The van der Waals surface area contributed by atoms with Crippen molar-refractivity contribution >= 4 is 11.8 Å². The zero-order valence-electron chi connectivity index (χ0n) is 10.5. The van der Waals surface area contributed by atoms with Crippen molar-refractivity contribution in [1.82, 2.24) is 4.90 Å². The first-order chi connectivity index (χ1) is 7.95. The van der Waals surface area contributed by atoms with E-state index >= 15 is 0 Å². The van der Waals surface area contributed by atoms with Crippen molar-refractivity contribution in [3.05, 3.63) is 11.8 Å². The van der Waals surface area contributed by atoms with Crippen LogP contribution >= 0.6 is 0 Å². The molecule has 0 N–H and O–H groups in total. The summed E-state index contributed by atoms with van der Waals surface area (Å²) in [5.41, 5.74) is -0.663. The Balaban J connectivity index is 2.42. The van der Waals surface area contributed by atoms with Crippen LogP contribution in [0.25, 0.3) is 0 Å². The molecule has 5 nitrogen and oxygen atoms in total. The molecule has 2 bridgehead atoms. The van der Waals surface area contributed by atoms with E-state index in [1.165, 1.54) is 14.2 Å². The molecular weight excluding hydrogens is 222 g/mol. The Morgan fingerprint density at radius 3 is 2.71 bits per heavy atom. The summed E-state index contributed by atoms with van der Waals surface area (Å²) >= 11 is 0. The summed E-state index contributed by atoms with van der Waals surface area (Å²) in [6.07, 6.45) is 2.20. The third-order valence-corrected chi connectivity index (χ3v) is 4.01. The van der Waals surface area contributed by atoms with Gasteiger partial charge in [-0.1, -0.05) is 0 Å². The Morgan fingerprint density at radius 2 is 2.18 bits per heavy atom. The first kappa shape index (κ1) is 12.1. The van der Waals surface area contributed by atoms with Crippen molar-refractivity contribution < 1.29 is 19.1 Å². The maximum atomic E-state index is 12.2. The molecule has 0 spiro atoms. The number of ether oxygens (including phenoxy) is 2. The number of hydrogen-bond acceptors (Lipinski definition) is 5. The van der Waals surface area contributed by atoms with Crippen LogP contribution in [0.2, 0.25) is 0 Å². The second-order valence-corrected chi connectivity index (χ2v) is 4.77. The number of Topliss-reactive ketones (excluding diaryl/α,β-unsaturated/α-hetero) is 1. The number of methoxy groups -OCH3 is 2. The molecular formula is C12H17NO4. The van der Waals surface area contributed by atoms with E-state index < -0.39 is 5.54 Å². The van der Waals surface area contributed by atoms with Gasteiger partial charge < -0.3 is 9.47 Å². The molecule has 5 heteroatoms. The Hall–Kier alpha value is -1.36. The van der Waals surface area contributed by atoms with Gasteiger partial charge in [0.05, 0.1) is 25.7 Å². The van der Waals surface area contributed by atoms with Gasteiger partial charge in [0, 0.05) is 6.04 Å². The summed E-state index contributed by atoms with van der Waals surface area (Å²) in [4.78, 5) is 25.9. The molecule has 3 atom stereocenters. The Labute approximate surface area is 100 Å². The van der Waals surface area contributed by atoms with Crippen LogP contribution in [0.15, 0.2) is 11.8 Å². The van der Waals surface area contributed by atoms with E-state index in [0.717, 1.165) is 0 Å². The molecule has 0 aromatic rings. The lowest BCUT2D eigenvalue weighted by Gasteiger charge is -2.36. The monoisotopic (exact) mass is 239 g/mol. The molecule has 0 unspecified atom stereocenters. The number of carbonyl (C=O) groups is 2. The van der Waals surface area contributed by atoms with Crippen molar-refractivity contribution in [2.24, 2.45) is 5.92 Å². The quantitative estimate of drug-likeness (QED) is 0.651. The van der Waals surface area contributed by atoms with E-state index in [2.05, 4.69) is 0 Å². The fourth-order valence-corrected chi connectivity index (χ4v) is 2.80. The van der Waals surface area contributed by atoms with Crippen LogP contribution in [0.1, 0.15) is 13.3 Å². The van der Waals surface area contributed by atoms with Crippen molar-refractivity contribution in [1.29, 1.82) is 0 Å². The summed E-state index contributed by atoms with van der Waals surface area (Å²) in [6, 6.07) is -0.125. The average Bonchev–Trinajstić information content (AvgIpc) is 2.51. The Bertz CT molecular complexity index is 403. The normalized spacial score (nSPS) is 36.7. The highest BCUT2D eigenvalue weighted by Gasteiger charge is 2.57. The second kappa shape index (κ2) is 3.84. The van der Waals surface area contributed by atoms with Crippen molar-refractivity contribution in [2.75, 3.05) is 21.3 Å². The van der Waals surface area contributed by atoms with Gasteiger partial charge in [0.15, 0.2) is 5.76 Å². The summed E-state index contributed by atoms with van der Waals surface area (Å²) in [7, 11) is 4.70. The molecule has 2 rings (SSSR count). The van der Waals surface area contributed by atoms with Crippen LogP contribution in [0.5, 0.6) is 0 Å². The zero-order chi connectivity index (χ0) is 12.8. The number of ketones is 1. The van der Waals surface area contributed by atoms with Crippen LogP contribution in [0, 0.1) is 5.92 Å². The highest BCUT2D eigenvalue weighted by atomic mass is 16.5. The summed E-state index contributed by atoms with van der Waals surface area (Å²) < 4.78 is 9.89. The van der Waals surface area contributed by atoms with Crippen LogP contribution in [0.3, 0.4) is 0 Å². The number of nitrogens with zero attached hydrogens (tertiary/aromatic N) is 1. The van der Waals surface area contributed by atoms with Gasteiger partial charge in [-0.15, -0.1) is 0 Å². The molecule has 1 saturated heterocycles. The van der Waals surface area contributed by atoms with E-state index in [9.17, 15) is 9.59 Å². The highest BCUT2D eigenvalue weighted by molar-refractivity contribution is 6.03. The molecule has 0 aliphatic carbocycles. The fraction of sp³-hybridized carbons (Fsp3) is 0.667. The van der Waals surface area contributed by atoms with Crippen LogP contribution in [-0.2, 0) is 19.1 Å². The average molecular weight is 239 g/mol. The van der Waals surface area contributed by atoms with E-state index in [0.29, 0.717) is 12.2 Å². The molecule has 0 saturated carbocycles. The summed E-state index contributed by atoms with van der Waals surface area (Å²) in [6.45, 7) is 1.84. The zero-order valence-corrected chi connectivity index (χ0v) is 10.5. The van der Waals surface area contributed by atoms with E-state index in [-0.39, 0.29) is 23.7 Å². The molecule has 1 fully saturated rings. The van der Waals surface area contributed by atoms with Gasteiger partial charge in [0.2, 0.25) is 5.78 Å². The smallest absolute Gasteiger partial charge is 0.310 e. The van der Waals surface area contributed by atoms with Gasteiger partial charge in [0.25, 0.3) is 0 Å². The summed E-state index contributed by atoms with van der Waals surface area (Å²) in [5.74, 6) is -0.286. The minimum Gasteiger partial charge on any atom is -0.493 e. The van der Waals surface area contributed by atoms with Gasteiger partial charge in [-0.2, -0.15) is 0 Å². The predicted molar refractivity (Wildman–Crippen MR) is 60.2 cm³/mol. The lowest BCUT2D eigenvalue weighted by atomic mass is 9.90. The second-order valence-electron chi connectivity index (χ2n) is 4.77. The SMILES string of the molecule is COC(=O)[C@H]1C[C@@]2(C)C(=O)C(OC)=C[C@@H]1N2C. The van der Waals surface area contributed by atoms with Crippen molar-refractivity contribution in [3.8, 4) is 0 Å². The molecule has 2 aliphatic rings. The predicted octanol–water partition coefficient (Wildman–Crippen LogP) is 0.351. The third-order valence-electron chi connectivity index (χ3n) is 4.01. The highest BCUT2D eigenvalue weighted by Crippen LogP contribution is 2.43. The van der Waals surface area contributed by atoms with Gasteiger partial charge in [-0.25, -0.2) is 0 Å². The molecule has 2 heterocycles. The minimum atomic E-state index is -0.663. The molecule has 0 radical (unpaired) electrons. The molecule has 2 aliphatic heterocycles. The van der Waals surface area contributed by atoms with Crippen LogP contribution in [-0.4, -0.2) is 49.5 Å². The van der Waals surface area contributed by atoms with Crippen molar-refractivity contribution in [3.63, 3.8) is 0 Å². The fourth-order valence-electron chi connectivity index (χ4n) is 2.80. The number of rotatable bonds is 2. The molecule has 94 valence electrons. The minimum absolute atomic E-state index is 0.0647. The van der Waals surface area contributed by atoms with E-state index in [1.807, 2.05) is 18.9 Å². The topological polar surface area (TPSA) is 55.8 Å². The largest absolute Gasteiger partial charge is 0.493 e. The number of esters is 1. The molecule has 0 aromatic carbocycles. The van der Waals surface area contributed by atoms with Gasteiger partial charge >= 0.3 is 5.97 Å². The number of likely N-dealkylation sites (N-methyl/N-ethyl adjacent to an activating group) is 1. The van der Waals surface area contributed by atoms with Gasteiger partial charge in [-0.05, 0) is 26.5 Å². The molecule has 0 amide bonds. The van der Waals surface area contributed by atoms with Gasteiger partial charge in [-0.3, -0.25) is 14.5 Å². The van der Waals surface area contributed by atoms with Crippen LogP contribution < -0.4 is 0 Å². The third kappa shape index (κ3) is 1.49. The lowest BCUT2D eigenvalue weighted by molar-refractivity contribution is -0.145. The first-order valence-electron chi connectivity index (χ1n) is 5.57. The number of carbonyl (C=O) groups excluding carboxylic acids is 2. The lowest BCUT2D eigenvalue weighted by Crippen LogP contribution is -2.52.